The Kier molecular flexibility index (Phi) is 5.10. The molecule has 0 N–H and O–H groups in total. The van der Waals surface area contributed by atoms with Gasteiger partial charge >= 0.3 is 0 Å². The number of aryl methyl sites for hydroxylation is 2. The summed E-state index contributed by atoms with van der Waals surface area (Å²) < 4.78 is 18.2. The molecule has 1 saturated heterocycles. The number of fused-ring (bicyclic) bond motifs is 2. The summed E-state index contributed by atoms with van der Waals surface area (Å²) in [6, 6.07) is 13.5. The summed E-state index contributed by atoms with van der Waals surface area (Å²) in [7, 11) is 0. The van der Waals surface area contributed by atoms with Crippen LogP contribution in [-0.4, -0.2) is 40.0 Å². The maximum Gasteiger partial charge on any atom is 0.271 e. The van der Waals surface area contributed by atoms with Crippen molar-refractivity contribution >= 4 is 23.1 Å². The molecule has 31 heavy (non-hydrogen) atoms. The first-order valence-corrected chi connectivity index (χ1v) is 11.4. The molecule has 1 amide bonds. The van der Waals surface area contributed by atoms with Gasteiger partial charge in [0.15, 0.2) is 0 Å². The first kappa shape index (κ1) is 20.3. The van der Waals surface area contributed by atoms with Crippen molar-refractivity contribution in [3.05, 3.63) is 75.5 Å². The average Bonchev–Trinajstić information content (AvgIpc) is 3.33. The maximum absolute atomic E-state index is 14.2. The van der Waals surface area contributed by atoms with E-state index in [0.717, 1.165) is 55.3 Å². The predicted molar refractivity (Wildman–Crippen MR) is 120 cm³/mol. The third-order valence-electron chi connectivity index (χ3n) is 6.71. The van der Waals surface area contributed by atoms with E-state index in [4.69, 9.17) is 0 Å². The highest BCUT2D eigenvalue weighted by Gasteiger charge is 2.47. The highest BCUT2D eigenvalue weighted by atomic mass is 32.1. The Balaban J connectivity index is 1.38. The van der Waals surface area contributed by atoms with Gasteiger partial charge in [-0.15, -0.1) is 5.10 Å². The Morgan fingerprint density at radius 1 is 1.13 bits per heavy atom. The molecule has 1 spiro atoms. The monoisotopic (exact) mass is 436 g/mol. The van der Waals surface area contributed by atoms with Crippen LogP contribution in [-0.2, 0) is 12.0 Å². The molecule has 3 aromatic rings. The van der Waals surface area contributed by atoms with Gasteiger partial charge in [-0.3, -0.25) is 9.69 Å². The van der Waals surface area contributed by atoms with Crippen LogP contribution in [0.2, 0.25) is 0 Å². The van der Waals surface area contributed by atoms with Crippen LogP contribution in [0, 0.1) is 19.7 Å². The standard InChI is InChI=1S/C24H25FN4OS/c1-16-3-5-18(6-4-16)14-28-11-9-24(10-12-28)15-29(21-8-7-19(25)13-20(21)24)23(30)22-17(2)26-27-31-22/h3-8,13H,9-12,14-15H2,1-2H3. The number of carbonyl (C=O) groups excluding carboxylic acids is 1. The van der Waals surface area contributed by atoms with Crippen molar-refractivity contribution in [2.45, 2.75) is 38.6 Å². The third kappa shape index (κ3) is 3.66. The Labute approximate surface area is 185 Å². The first-order valence-electron chi connectivity index (χ1n) is 10.6. The fourth-order valence-corrected chi connectivity index (χ4v) is 5.50. The van der Waals surface area contributed by atoms with Gasteiger partial charge in [-0.25, -0.2) is 4.39 Å². The molecule has 3 heterocycles. The molecule has 5 rings (SSSR count). The molecule has 2 aliphatic heterocycles. The lowest BCUT2D eigenvalue weighted by atomic mass is 9.74. The van der Waals surface area contributed by atoms with Gasteiger partial charge in [0.05, 0.1) is 5.69 Å². The number of aromatic nitrogens is 2. The van der Waals surface area contributed by atoms with Crippen molar-refractivity contribution in [1.82, 2.24) is 14.5 Å². The van der Waals surface area contributed by atoms with E-state index in [1.807, 2.05) is 4.90 Å². The normalized spacial score (nSPS) is 17.8. The van der Waals surface area contributed by atoms with Gasteiger partial charge in [0.2, 0.25) is 0 Å². The summed E-state index contributed by atoms with van der Waals surface area (Å²) in [6.07, 6.45) is 1.80. The fourth-order valence-electron chi connectivity index (χ4n) is 4.89. The number of benzene rings is 2. The quantitative estimate of drug-likeness (QED) is 0.607. The fraction of sp³-hybridized carbons (Fsp3) is 0.375. The van der Waals surface area contributed by atoms with E-state index in [0.29, 0.717) is 17.1 Å². The molecule has 1 aromatic heterocycles. The molecule has 2 aromatic carbocycles. The second kappa shape index (κ2) is 7.80. The lowest BCUT2D eigenvalue weighted by Crippen LogP contribution is -2.45. The summed E-state index contributed by atoms with van der Waals surface area (Å²) in [6.45, 7) is 7.25. The molecule has 160 valence electrons. The lowest BCUT2D eigenvalue weighted by Gasteiger charge is -2.40. The van der Waals surface area contributed by atoms with Crippen LogP contribution in [0.4, 0.5) is 10.1 Å². The summed E-state index contributed by atoms with van der Waals surface area (Å²) in [4.78, 5) is 18.1. The zero-order valence-electron chi connectivity index (χ0n) is 17.8. The molecule has 5 nitrogen and oxygen atoms in total. The number of anilines is 1. The minimum Gasteiger partial charge on any atom is -0.306 e. The number of halogens is 1. The minimum absolute atomic E-state index is 0.0840. The highest BCUT2D eigenvalue weighted by Crippen LogP contribution is 2.48. The Bertz CT molecular complexity index is 1120. The van der Waals surface area contributed by atoms with Crippen molar-refractivity contribution in [1.29, 1.82) is 0 Å². The number of carbonyl (C=O) groups is 1. The van der Waals surface area contributed by atoms with E-state index in [1.54, 1.807) is 19.1 Å². The number of hydrogen-bond donors (Lipinski definition) is 0. The molecule has 7 heteroatoms. The zero-order chi connectivity index (χ0) is 21.6. The Morgan fingerprint density at radius 2 is 1.87 bits per heavy atom. The van der Waals surface area contributed by atoms with E-state index in [1.165, 1.54) is 17.2 Å². The van der Waals surface area contributed by atoms with E-state index in [2.05, 4.69) is 45.7 Å². The Morgan fingerprint density at radius 3 is 2.55 bits per heavy atom. The van der Waals surface area contributed by atoms with Crippen molar-refractivity contribution in [3.63, 3.8) is 0 Å². The Hall–Kier alpha value is -2.64. The molecule has 1 fully saturated rings. The van der Waals surface area contributed by atoms with Crippen LogP contribution in [0.5, 0.6) is 0 Å². The van der Waals surface area contributed by atoms with Crippen LogP contribution in [0.1, 0.15) is 44.9 Å². The van der Waals surface area contributed by atoms with Crippen molar-refractivity contribution in [2.24, 2.45) is 0 Å². The molecule has 2 aliphatic rings. The smallest absolute Gasteiger partial charge is 0.271 e. The van der Waals surface area contributed by atoms with Crippen LogP contribution >= 0.6 is 11.5 Å². The van der Waals surface area contributed by atoms with E-state index >= 15 is 0 Å². The van der Waals surface area contributed by atoms with Gasteiger partial charge < -0.3 is 4.90 Å². The van der Waals surface area contributed by atoms with E-state index < -0.39 is 0 Å². The summed E-state index contributed by atoms with van der Waals surface area (Å²) in [5.41, 5.74) is 4.80. The van der Waals surface area contributed by atoms with Crippen molar-refractivity contribution < 1.29 is 9.18 Å². The SMILES string of the molecule is Cc1ccc(CN2CCC3(CC2)CN(C(=O)c2snnc2C)c2ccc(F)cc23)cc1. The molecule has 0 radical (unpaired) electrons. The number of nitrogens with zero attached hydrogens (tertiary/aromatic N) is 4. The zero-order valence-corrected chi connectivity index (χ0v) is 18.6. The van der Waals surface area contributed by atoms with Crippen molar-refractivity contribution in [2.75, 3.05) is 24.5 Å². The van der Waals surface area contributed by atoms with E-state index in [9.17, 15) is 9.18 Å². The summed E-state index contributed by atoms with van der Waals surface area (Å²) in [5, 5.41) is 3.99. The highest BCUT2D eigenvalue weighted by molar-refractivity contribution is 7.08. The largest absolute Gasteiger partial charge is 0.306 e. The summed E-state index contributed by atoms with van der Waals surface area (Å²) >= 11 is 1.13. The van der Waals surface area contributed by atoms with Crippen LogP contribution in [0.25, 0.3) is 0 Å². The van der Waals surface area contributed by atoms with Crippen LogP contribution < -0.4 is 4.90 Å². The maximum atomic E-state index is 14.2. The minimum atomic E-state index is -0.245. The average molecular weight is 437 g/mol. The second-order valence-corrected chi connectivity index (χ2v) is 9.54. The molecule has 0 aliphatic carbocycles. The number of piperidine rings is 1. The van der Waals surface area contributed by atoms with Crippen LogP contribution in [0.15, 0.2) is 42.5 Å². The number of rotatable bonds is 3. The molecule has 0 atom stereocenters. The molecule has 0 saturated carbocycles. The van der Waals surface area contributed by atoms with Gasteiger partial charge in [-0.2, -0.15) is 0 Å². The second-order valence-electron chi connectivity index (χ2n) is 8.78. The molecular weight excluding hydrogens is 411 g/mol. The number of hydrogen-bond acceptors (Lipinski definition) is 5. The molecular formula is C24H25FN4OS. The van der Waals surface area contributed by atoms with Gasteiger partial charge in [-0.05, 0) is 80.6 Å². The molecule has 0 unspecified atom stereocenters. The van der Waals surface area contributed by atoms with Gasteiger partial charge in [-0.1, -0.05) is 34.3 Å². The van der Waals surface area contributed by atoms with E-state index in [-0.39, 0.29) is 17.1 Å². The van der Waals surface area contributed by atoms with Crippen LogP contribution in [0.3, 0.4) is 0 Å². The third-order valence-corrected chi connectivity index (χ3v) is 7.53. The van der Waals surface area contributed by atoms with Crippen molar-refractivity contribution in [3.8, 4) is 0 Å². The summed E-state index contributed by atoms with van der Waals surface area (Å²) in [5.74, 6) is -0.329. The lowest BCUT2D eigenvalue weighted by molar-refractivity contribution is 0.0978. The first-order chi connectivity index (χ1) is 14.9. The van der Waals surface area contributed by atoms with Gasteiger partial charge in [0, 0.05) is 24.2 Å². The number of amides is 1. The van der Waals surface area contributed by atoms with Gasteiger partial charge in [0.25, 0.3) is 5.91 Å². The predicted octanol–water partition coefficient (Wildman–Crippen LogP) is 4.49. The van der Waals surface area contributed by atoms with Gasteiger partial charge in [0.1, 0.15) is 10.7 Å². The topological polar surface area (TPSA) is 49.3 Å². The molecule has 0 bridgehead atoms. The number of likely N-dealkylation sites (tertiary alicyclic amines) is 1.